The van der Waals surface area contributed by atoms with E-state index in [2.05, 4.69) is 9.88 Å². The lowest BCUT2D eigenvalue weighted by atomic mass is 10.1. The van der Waals surface area contributed by atoms with Crippen LogP contribution >= 0.6 is 0 Å². The zero-order valence-corrected chi connectivity index (χ0v) is 11.7. The fourth-order valence-electron chi connectivity index (χ4n) is 1.24. The summed E-state index contributed by atoms with van der Waals surface area (Å²) in [6.07, 6.45) is 0. The lowest BCUT2D eigenvalue weighted by molar-refractivity contribution is 0.319. The topological polar surface area (TPSA) is 78.8 Å². The van der Waals surface area contributed by atoms with Crippen LogP contribution in [0.15, 0.2) is 29.4 Å². The van der Waals surface area contributed by atoms with Crippen molar-refractivity contribution in [3.8, 4) is 0 Å². The maximum absolute atomic E-state index is 12.1. The number of nitrogens with one attached hydrogen (secondary N) is 1. The summed E-state index contributed by atoms with van der Waals surface area (Å²) in [7, 11) is -3.50. The number of sulfonamides is 1. The summed E-state index contributed by atoms with van der Waals surface area (Å²) in [4.78, 5) is 0. The standard InChI is InChI=1S/C12H18N2O3S/c1-9(13-15)10-7-5-6-8-11(10)14-18(16,17)12(2,3)4/h5-8,14-15H,1-4H3. The lowest BCUT2D eigenvalue weighted by Gasteiger charge is -2.21. The molecule has 0 atom stereocenters. The fourth-order valence-corrected chi connectivity index (χ4v) is 2.01. The maximum Gasteiger partial charge on any atom is 0.237 e. The Kier molecular flexibility index (Phi) is 4.01. The summed E-state index contributed by atoms with van der Waals surface area (Å²) in [5.74, 6) is 0. The molecule has 1 aromatic carbocycles. The zero-order valence-electron chi connectivity index (χ0n) is 10.9. The van der Waals surface area contributed by atoms with Crippen molar-refractivity contribution < 1.29 is 13.6 Å². The van der Waals surface area contributed by atoms with Gasteiger partial charge in [0.2, 0.25) is 10.0 Å². The van der Waals surface area contributed by atoms with E-state index >= 15 is 0 Å². The molecule has 0 unspecified atom stereocenters. The normalized spacial score (nSPS) is 13.4. The first-order chi connectivity index (χ1) is 8.19. The predicted molar refractivity (Wildman–Crippen MR) is 72.7 cm³/mol. The Labute approximate surface area is 108 Å². The molecule has 0 radical (unpaired) electrons. The first-order valence-corrected chi connectivity index (χ1v) is 6.98. The van der Waals surface area contributed by atoms with Crippen molar-refractivity contribution in [2.45, 2.75) is 32.4 Å². The Hall–Kier alpha value is -1.56. The van der Waals surface area contributed by atoms with E-state index in [9.17, 15) is 8.42 Å². The largest absolute Gasteiger partial charge is 0.411 e. The van der Waals surface area contributed by atoms with Gasteiger partial charge in [-0.15, -0.1) is 0 Å². The highest BCUT2D eigenvalue weighted by Gasteiger charge is 2.29. The Balaban J connectivity index is 3.22. The van der Waals surface area contributed by atoms with Crippen molar-refractivity contribution in [2.75, 3.05) is 4.72 Å². The van der Waals surface area contributed by atoms with Crippen LogP contribution in [0.1, 0.15) is 33.3 Å². The highest BCUT2D eigenvalue weighted by atomic mass is 32.2. The summed E-state index contributed by atoms with van der Waals surface area (Å²) in [6.45, 7) is 6.45. The van der Waals surface area contributed by atoms with Crippen LogP contribution < -0.4 is 4.72 Å². The van der Waals surface area contributed by atoms with E-state index in [-0.39, 0.29) is 0 Å². The molecule has 5 nitrogen and oxygen atoms in total. The number of oxime groups is 1. The van der Waals surface area contributed by atoms with Gasteiger partial charge in [-0.2, -0.15) is 0 Å². The van der Waals surface area contributed by atoms with Crippen LogP contribution in [0.3, 0.4) is 0 Å². The van der Waals surface area contributed by atoms with E-state index < -0.39 is 14.8 Å². The minimum atomic E-state index is -3.50. The minimum Gasteiger partial charge on any atom is -0.411 e. The molecule has 6 heteroatoms. The Morgan fingerprint density at radius 3 is 2.33 bits per heavy atom. The lowest BCUT2D eigenvalue weighted by Crippen LogP contribution is -2.34. The second-order valence-corrected chi connectivity index (χ2v) is 7.38. The molecule has 1 rings (SSSR count). The van der Waals surface area contributed by atoms with Crippen LogP contribution in [0.5, 0.6) is 0 Å². The molecule has 2 N–H and O–H groups in total. The van der Waals surface area contributed by atoms with E-state index in [1.807, 2.05) is 0 Å². The first-order valence-electron chi connectivity index (χ1n) is 5.49. The van der Waals surface area contributed by atoms with Gasteiger partial charge in [0.15, 0.2) is 0 Å². The SMILES string of the molecule is CC(=NO)c1ccccc1NS(=O)(=O)C(C)(C)C. The van der Waals surface area contributed by atoms with E-state index in [1.165, 1.54) is 0 Å². The molecule has 0 fully saturated rings. The number of nitrogens with zero attached hydrogens (tertiary/aromatic N) is 1. The van der Waals surface area contributed by atoms with Crippen LogP contribution in [0.2, 0.25) is 0 Å². The van der Waals surface area contributed by atoms with E-state index in [0.717, 1.165) is 0 Å². The van der Waals surface area contributed by atoms with Gasteiger partial charge in [-0.05, 0) is 33.8 Å². The molecule has 0 bridgehead atoms. The molecular formula is C12H18N2O3S. The van der Waals surface area contributed by atoms with E-state index in [0.29, 0.717) is 17.0 Å². The molecule has 100 valence electrons. The highest BCUT2D eigenvalue weighted by Crippen LogP contribution is 2.22. The number of hydrogen-bond donors (Lipinski definition) is 2. The molecule has 0 aliphatic heterocycles. The van der Waals surface area contributed by atoms with Crippen LogP contribution in [-0.4, -0.2) is 24.1 Å². The zero-order chi connectivity index (χ0) is 14.0. The maximum atomic E-state index is 12.1. The second kappa shape index (κ2) is 4.97. The molecular weight excluding hydrogens is 252 g/mol. The van der Waals surface area contributed by atoms with Crippen molar-refractivity contribution in [1.82, 2.24) is 0 Å². The van der Waals surface area contributed by atoms with Crippen molar-refractivity contribution >= 4 is 21.4 Å². The van der Waals surface area contributed by atoms with Gasteiger partial charge in [-0.3, -0.25) is 4.72 Å². The van der Waals surface area contributed by atoms with Crippen LogP contribution in [0.25, 0.3) is 0 Å². The average molecular weight is 270 g/mol. The third-order valence-electron chi connectivity index (χ3n) is 2.52. The number of hydrogen-bond acceptors (Lipinski definition) is 4. The summed E-state index contributed by atoms with van der Waals surface area (Å²) in [5.41, 5.74) is 1.30. The van der Waals surface area contributed by atoms with Crippen molar-refractivity contribution in [3.05, 3.63) is 29.8 Å². The van der Waals surface area contributed by atoms with Gasteiger partial charge >= 0.3 is 0 Å². The number of anilines is 1. The van der Waals surface area contributed by atoms with Crippen molar-refractivity contribution in [2.24, 2.45) is 5.16 Å². The third kappa shape index (κ3) is 3.01. The summed E-state index contributed by atoms with van der Waals surface area (Å²) >= 11 is 0. The summed E-state index contributed by atoms with van der Waals surface area (Å²) in [5, 5.41) is 11.9. The molecule has 0 saturated carbocycles. The molecule has 0 heterocycles. The highest BCUT2D eigenvalue weighted by molar-refractivity contribution is 7.94. The molecule has 0 aliphatic rings. The van der Waals surface area contributed by atoms with E-state index in [4.69, 9.17) is 5.21 Å². The molecule has 0 aromatic heterocycles. The van der Waals surface area contributed by atoms with Crippen LogP contribution in [0, 0.1) is 0 Å². The molecule has 0 aliphatic carbocycles. The number of benzene rings is 1. The molecule has 0 spiro atoms. The minimum absolute atomic E-state index is 0.349. The Morgan fingerprint density at radius 1 is 1.28 bits per heavy atom. The number of rotatable bonds is 3. The van der Waals surface area contributed by atoms with E-state index in [1.54, 1.807) is 52.0 Å². The van der Waals surface area contributed by atoms with Gasteiger partial charge in [-0.1, -0.05) is 23.4 Å². The molecule has 18 heavy (non-hydrogen) atoms. The number of para-hydroxylation sites is 1. The van der Waals surface area contributed by atoms with Gasteiger partial charge in [0, 0.05) is 5.56 Å². The van der Waals surface area contributed by atoms with Gasteiger partial charge in [0.05, 0.1) is 16.1 Å². The Morgan fingerprint density at radius 2 is 1.83 bits per heavy atom. The summed E-state index contributed by atoms with van der Waals surface area (Å²) < 4.78 is 25.8. The third-order valence-corrected chi connectivity index (χ3v) is 4.62. The smallest absolute Gasteiger partial charge is 0.237 e. The van der Waals surface area contributed by atoms with Crippen LogP contribution in [-0.2, 0) is 10.0 Å². The molecule has 1 aromatic rings. The van der Waals surface area contributed by atoms with Gasteiger partial charge < -0.3 is 5.21 Å². The van der Waals surface area contributed by atoms with Gasteiger partial charge in [0.25, 0.3) is 0 Å². The van der Waals surface area contributed by atoms with Gasteiger partial charge in [-0.25, -0.2) is 8.42 Å². The van der Waals surface area contributed by atoms with Gasteiger partial charge in [0.1, 0.15) is 0 Å². The van der Waals surface area contributed by atoms with Crippen molar-refractivity contribution in [1.29, 1.82) is 0 Å². The summed E-state index contributed by atoms with van der Waals surface area (Å²) in [6, 6.07) is 6.79. The first kappa shape index (κ1) is 14.5. The Bertz CT molecular complexity index is 557. The fraction of sp³-hybridized carbons (Fsp3) is 0.417. The van der Waals surface area contributed by atoms with Crippen molar-refractivity contribution in [3.63, 3.8) is 0 Å². The van der Waals surface area contributed by atoms with Crippen LogP contribution in [0.4, 0.5) is 5.69 Å². The second-order valence-electron chi connectivity index (χ2n) is 4.95. The average Bonchev–Trinajstić information content (AvgIpc) is 2.26. The molecule has 0 amide bonds. The molecule has 0 saturated heterocycles. The monoisotopic (exact) mass is 270 g/mol. The predicted octanol–water partition coefficient (Wildman–Crippen LogP) is 2.43. The quantitative estimate of drug-likeness (QED) is 0.503.